The minimum atomic E-state index is 0.367. The Balaban J connectivity index is 2.26. The van der Waals surface area contributed by atoms with Crippen LogP contribution in [0.15, 0.2) is 24.3 Å². The number of nitrogens with two attached hydrogens (primary N) is 1. The molecular weight excluding hydrogens is 256 g/mol. The molecule has 17 heavy (non-hydrogen) atoms. The fraction of sp³-hybridized carbons (Fsp3) is 0.250. The molecule has 0 radical (unpaired) electrons. The topological polar surface area (TPSA) is 48.1 Å². The molecule has 5 heteroatoms. The lowest BCUT2D eigenvalue weighted by Crippen LogP contribution is -1.96. The van der Waals surface area contributed by atoms with E-state index in [0.717, 1.165) is 22.0 Å². The number of thiazole rings is 1. The van der Waals surface area contributed by atoms with Gasteiger partial charge >= 0.3 is 0 Å². The third kappa shape index (κ3) is 2.77. The summed E-state index contributed by atoms with van der Waals surface area (Å²) in [5.74, 6) is 0.859. The van der Waals surface area contributed by atoms with Crippen LogP contribution in [0.5, 0.6) is 5.75 Å². The van der Waals surface area contributed by atoms with Crippen LogP contribution in [0.4, 0.5) is 0 Å². The van der Waals surface area contributed by atoms with Gasteiger partial charge in [-0.1, -0.05) is 11.6 Å². The molecule has 2 aromatic rings. The fourth-order valence-electron chi connectivity index (χ4n) is 1.44. The number of halogens is 1. The highest BCUT2D eigenvalue weighted by atomic mass is 35.5. The van der Waals surface area contributed by atoms with Crippen LogP contribution in [0.25, 0.3) is 10.6 Å². The second-order valence-corrected chi connectivity index (χ2v) is 5.00. The van der Waals surface area contributed by atoms with E-state index in [-0.39, 0.29) is 0 Å². The summed E-state index contributed by atoms with van der Waals surface area (Å²) in [7, 11) is 0. The number of hydrogen-bond donors (Lipinski definition) is 1. The van der Waals surface area contributed by atoms with Crippen LogP contribution in [0.3, 0.4) is 0 Å². The van der Waals surface area contributed by atoms with Gasteiger partial charge in [-0.3, -0.25) is 0 Å². The second kappa shape index (κ2) is 5.49. The minimum absolute atomic E-state index is 0.367. The summed E-state index contributed by atoms with van der Waals surface area (Å²) in [6.07, 6.45) is 0. The van der Waals surface area contributed by atoms with Gasteiger partial charge in [0, 0.05) is 12.1 Å². The lowest BCUT2D eigenvalue weighted by molar-refractivity contribution is 0.340. The highest BCUT2D eigenvalue weighted by molar-refractivity contribution is 7.19. The van der Waals surface area contributed by atoms with Crippen molar-refractivity contribution in [3.05, 3.63) is 34.3 Å². The van der Waals surface area contributed by atoms with E-state index in [9.17, 15) is 0 Å². The molecule has 0 saturated heterocycles. The predicted molar refractivity (Wildman–Crippen MR) is 71.6 cm³/mol. The lowest BCUT2D eigenvalue weighted by Gasteiger charge is -2.02. The molecule has 2 N–H and O–H groups in total. The van der Waals surface area contributed by atoms with Crippen molar-refractivity contribution in [3.8, 4) is 16.3 Å². The maximum Gasteiger partial charge on any atom is 0.125 e. The zero-order valence-electron chi connectivity index (χ0n) is 9.44. The van der Waals surface area contributed by atoms with E-state index in [0.29, 0.717) is 17.5 Å². The number of aromatic nitrogens is 1. The number of benzene rings is 1. The Labute approximate surface area is 109 Å². The molecule has 1 aromatic carbocycles. The van der Waals surface area contributed by atoms with Crippen LogP contribution >= 0.6 is 22.9 Å². The first-order chi connectivity index (χ1) is 8.24. The van der Waals surface area contributed by atoms with Crippen molar-refractivity contribution in [1.82, 2.24) is 4.98 Å². The van der Waals surface area contributed by atoms with Gasteiger partial charge < -0.3 is 10.5 Å². The van der Waals surface area contributed by atoms with Crippen molar-refractivity contribution in [2.75, 3.05) is 6.61 Å². The molecule has 90 valence electrons. The van der Waals surface area contributed by atoms with Gasteiger partial charge in [0.15, 0.2) is 0 Å². The van der Waals surface area contributed by atoms with Crippen LogP contribution in [0.1, 0.15) is 12.6 Å². The molecule has 0 aliphatic carbocycles. The molecule has 0 saturated carbocycles. The van der Waals surface area contributed by atoms with Crippen molar-refractivity contribution < 1.29 is 4.74 Å². The Morgan fingerprint density at radius 3 is 2.59 bits per heavy atom. The Bertz CT molecular complexity index is 496. The van der Waals surface area contributed by atoms with E-state index in [2.05, 4.69) is 4.98 Å². The second-order valence-electron chi connectivity index (χ2n) is 3.40. The molecule has 0 atom stereocenters. The van der Waals surface area contributed by atoms with Gasteiger partial charge in [0.05, 0.1) is 12.3 Å². The Morgan fingerprint density at radius 2 is 2.06 bits per heavy atom. The Hall–Kier alpha value is -1.10. The molecule has 0 unspecified atom stereocenters. The minimum Gasteiger partial charge on any atom is -0.494 e. The summed E-state index contributed by atoms with van der Waals surface area (Å²) in [6, 6.07) is 7.80. The maximum absolute atomic E-state index is 6.03. The average Bonchev–Trinajstić information content (AvgIpc) is 2.72. The van der Waals surface area contributed by atoms with Crippen LogP contribution in [-0.4, -0.2) is 11.6 Å². The molecule has 0 spiro atoms. The molecule has 0 amide bonds. The van der Waals surface area contributed by atoms with Gasteiger partial charge in [0.2, 0.25) is 0 Å². The van der Waals surface area contributed by atoms with Crippen molar-refractivity contribution >= 4 is 22.9 Å². The molecular formula is C12H13ClN2OS. The lowest BCUT2D eigenvalue weighted by atomic mass is 10.2. The fourth-order valence-corrected chi connectivity index (χ4v) is 2.61. The summed E-state index contributed by atoms with van der Waals surface area (Å²) in [5, 5.41) is 0.887. The molecule has 0 aliphatic heterocycles. The summed E-state index contributed by atoms with van der Waals surface area (Å²) in [5.41, 5.74) is 7.32. The molecule has 3 nitrogen and oxygen atoms in total. The number of nitrogens with zero attached hydrogens (tertiary/aromatic N) is 1. The number of hydrogen-bond acceptors (Lipinski definition) is 4. The van der Waals surface area contributed by atoms with E-state index in [1.165, 1.54) is 11.3 Å². The molecule has 0 bridgehead atoms. The van der Waals surface area contributed by atoms with Crippen molar-refractivity contribution in [2.24, 2.45) is 5.73 Å². The van der Waals surface area contributed by atoms with Crippen molar-refractivity contribution in [1.29, 1.82) is 0 Å². The van der Waals surface area contributed by atoms with Crippen LogP contribution in [-0.2, 0) is 6.54 Å². The quantitative estimate of drug-likeness (QED) is 0.925. The van der Waals surface area contributed by atoms with Gasteiger partial charge in [-0.2, -0.15) is 0 Å². The van der Waals surface area contributed by atoms with Gasteiger partial charge in [-0.25, -0.2) is 4.98 Å². The normalized spacial score (nSPS) is 10.5. The van der Waals surface area contributed by atoms with Gasteiger partial charge in [0.25, 0.3) is 0 Å². The Morgan fingerprint density at radius 1 is 1.35 bits per heavy atom. The van der Waals surface area contributed by atoms with Crippen molar-refractivity contribution in [2.45, 2.75) is 13.5 Å². The molecule has 2 rings (SSSR count). The molecule has 1 heterocycles. The zero-order chi connectivity index (χ0) is 12.3. The first-order valence-electron chi connectivity index (χ1n) is 5.33. The van der Waals surface area contributed by atoms with E-state index in [1.54, 1.807) is 0 Å². The van der Waals surface area contributed by atoms with Gasteiger partial charge in [-0.05, 0) is 31.2 Å². The summed E-state index contributed by atoms with van der Waals surface area (Å²) in [6.45, 7) is 2.99. The van der Waals surface area contributed by atoms with E-state index in [1.807, 2.05) is 31.2 Å². The average molecular weight is 269 g/mol. The standard InChI is InChI=1S/C12H13ClN2OS/c1-2-16-9-5-3-8(4-6-9)12-15-10(7-14)11(13)17-12/h3-6H,2,7,14H2,1H3. The highest BCUT2D eigenvalue weighted by Crippen LogP contribution is 2.32. The summed E-state index contributed by atoms with van der Waals surface area (Å²) >= 11 is 7.47. The molecule has 0 aliphatic rings. The SMILES string of the molecule is CCOc1ccc(-c2nc(CN)c(Cl)s2)cc1. The summed E-state index contributed by atoms with van der Waals surface area (Å²) in [4.78, 5) is 4.39. The maximum atomic E-state index is 6.03. The number of rotatable bonds is 4. The molecule has 0 fully saturated rings. The first-order valence-corrected chi connectivity index (χ1v) is 6.52. The van der Waals surface area contributed by atoms with Crippen molar-refractivity contribution in [3.63, 3.8) is 0 Å². The summed E-state index contributed by atoms with van der Waals surface area (Å²) < 4.78 is 6.05. The van der Waals surface area contributed by atoms with Gasteiger partial charge in [0.1, 0.15) is 15.1 Å². The third-order valence-corrected chi connectivity index (χ3v) is 3.64. The predicted octanol–water partition coefficient (Wildman–Crippen LogP) is 3.32. The number of ether oxygens (including phenoxy) is 1. The van der Waals surface area contributed by atoms with Gasteiger partial charge in [-0.15, -0.1) is 11.3 Å². The van der Waals surface area contributed by atoms with E-state index in [4.69, 9.17) is 22.1 Å². The monoisotopic (exact) mass is 268 g/mol. The molecule has 1 aromatic heterocycles. The first kappa shape index (κ1) is 12.4. The van der Waals surface area contributed by atoms with Crippen LogP contribution in [0.2, 0.25) is 4.34 Å². The van der Waals surface area contributed by atoms with Crippen LogP contribution < -0.4 is 10.5 Å². The smallest absolute Gasteiger partial charge is 0.125 e. The van der Waals surface area contributed by atoms with Crippen LogP contribution in [0, 0.1) is 0 Å². The van der Waals surface area contributed by atoms with E-state index < -0.39 is 0 Å². The van der Waals surface area contributed by atoms with E-state index >= 15 is 0 Å². The zero-order valence-corrected chi connectivity index (χ0v) is 11.0. The Kier molecular flexibility index (Phi) is 3.99. The highest BCUT2D eigenvalue weighted by Gasteiger charge is 2.09. The largest absolute Gasteiger partial charge is 0.494 e. The third-order valence-electron chi connectivity index (χ3n) is 2.26.